The van der Waals surface area contributed by atoms with E-state index in [-0.39, 0.29) is 18.4 Å². The molecule has 1 N–H and O–H groups in total. The summed E-state index contributed by atoms with van der Waals surface area (Å²) in [5, 5.41) is 8.74. The van der Waals surface area contributed by atoms with Gasteiger partial charge >= 0.3 is 0 Å². The van der Waals surface area contributed by atoms with Gasteiger partial charge in [-0.1, -0.05) is 13.8 Å². The number of hydrogen-bond acceptors (Lipinski definition) is 2. The Morgan fingerprint density at radius 3 is 2.54 bits per heavy atom. The van der Waals surface area contributed by atoms with Crippen molar-refractivity contribution in [3.8, 4) is 0 Å². The van der Waals surface area contributed by atoms with Crippen LogP contribution in [0.2, 0.25) is 0 Å². The summed E-state index contributed by atoms with van der Waals surface area (Å²) in [5.41, 5.74) is 0. The van der Waals surface area contributed by atoms with Crippen LogP contribution in [0.4, 0.5) is 0 Å². The highest BCUT2D eigenvalue weighted by Crippen LogP contribution is 2.05. The third kappa shape index (κ3) is 4.48. The van der Waals surface area contributed by atoms with Gasteiger partial charge < -0.3 is 10.0 Å². The van der Waals surface area contributed by atoms with E-state index in [1.54, 1.807) is 11.8 Å². The Balaban J connectivity index is 4.09. The monoisotopic (exact) mass is 207 g/mol. The molecule has 0 rings (SSSR count). The minimum atomic E-state index is -0.153. The number of rotatable bonds is 6. The van der Waals surface area contributed by atoms with Crippen LogP contribution >= 0.6 is 11.6 Å². The number of halogens is 1. The third-order valence-electron chi connectivity index (χ3n) is 1.83. The Morgan fingerprint density at radius 2 is 2.15 bits per heavy atom. The Kier molecular flexibility index (Phi) is 7.00. The zero-order valence-corrected chi connectivity index (χ0v) is 9.05. The van der Waals surface area contributed by atoms with Gasteiger partial charge in [0.25, 0.3) is 0 Å². The fourth-order valence-corrected chi connectivity index (χ4v) is 1.23. The average Bonchev–Trinajstić information content (AvgIpc) is 2.15. The quantitative estimate of drug-likeness (QED) is 0.663. The van der Waals surface area contributed by atoms with Crippen molar-refractivity contribution in [2.75, 3.05) is 25.6 Å². The number of aliphatic hydroxyl groups excluding tert-OH is 1. The molecule has 0 aliphatic rings. The number of carbonyl (C=O) groups is 1. The van der Waals surface area contributed by atoms with Crippen molar-refractivity contribution in [1.82, 2.24) is 4.90 Å². The van der Waals surface area contributed by atoms with Crippen LogP contribution in [0.15, 0.2) is 0 Å². The molecule has 0 bridgehead atoms. The molecule has 0 aliphatic carbocycles. The summed E-state index contributed by atoms with van der Waals surface area (Å²) in [6.45, 7) is 4.92. The molecule has 0 aliphatic heterocycles. The standard InChI is InChI=1S/C9H18ClNO2/c1-3-4-11(5-6-12)9(13)8(2)7-10/h8,12H,3-7H2,1-2H3. The summed E-state index contributed by atoms with van der Waals surface area (Å²) in [6.07, 6.45) is 0.904. The minimum absolute atomic E-state index is 0.0146. The van der Waals surface area contributed by atoms with Crippen molar-refractivity contribution >= 4 is 17.5 Å². The Labute approximate surface area is 84.7 Å². The summed E-state index contributed by atoms with van der Waals surface area (Å²) in [4.78, 5) is 13.2. The van der Waals surface area contributed by atoms with Crippen LogP contribution in [0.25, 0.3) is 0 Å². The van der Waals surface area contributed by atoms with Crippen LogP contribution in [0.3, 0.4) is 0 Å². The maximum atomic E-state index is 11.6. The van der Waals surface area contributed by atoms with Crippen molar-refractivity contribution < 1.29 is 9.90 Å². The Bertz CT molecular complexity index is 147. The molecule has 1 amide bonds. The van der Waals surface area contributed by atoms with Crippen LogP contribution in [-0.4, -0.2) is 41.5 Å². The molecule has 1 atom stereocenters. The first kappa shape index (κ1) is 12.7. The van der Waals surface area contributed by atoms with Crippen LogP contribution in [0, 0.1) is 5.92 Å². The number of amides is 1. The highest BCUT2D eigenvalue weighted by molar-refractivity contribution is 6.19. The predicted octanol–water partition coefficient (Wildman–Crippen LogP) is 1.09. The molecule has 0 saturated heterocycles. The highest BCUT2D eigenvalue weighted by atomic mass is 35.5. The van der Waals surface area contributed by atoms with E-state index in [2.05, 4.69) is 0 Å². The smallest absolute Gasteiger partial charge is 0.226 e. The van der Waals surface area contributed by atoms with Gasteiger partial charge in [0, 0.05) is 24.9 Å². The zero-order chi connectivity index (χ0) is 10.3. The second-order valence-electron chi connectivity index (χ2n) is 3.10. The van der Waals surface area contributed by atoms with E-state index in [1.165, 1.54) is 0 Å². The van der Waals surface area contributed by atoms with Crippen LogP contribution in [0.5, 0.6) is 0 Å². The topological polar surface area (TPSA) is 40.5 Å². The number of nitrogens with zero attached hydrogens (tertiary/aromatic N) is 1. The fraction of sp³-hybridized carbons (Fsp3) is 0.889. The molecule has 0 spiro atoms. The van der Waals surface area contributed by atoms with Gasteiger partial charge in [-0.05, 0) is 6.42 Å². The van der Waals surface area contributed by atoms with Gasteiger partial charge in [-0.15, -0.1) is 11.6 Å². The molecule has 1 unspecified atom stereocenters. The lowest BCUT2D eigenvalue weighted by Crippen LogP contribution is -2.38. The number of alkyl halides is 1. The van der Waals surface area contributed by atoms with Gasteiger partial charge in [0.2, 0.25) is 5.91 Å². The van der Waals surface area contributed by atoms with Crippen LogP contribution < -0.4 is 0 Å². The highest BCUT2D eigenvalue weighted by Gasteiger charge is 2.18. The number of hydrogen-bond donors (Lipinski definition) is 1. The van der Waals surface area contributed by atoms with Crippen molar-refractivity contribution in [2.45, 2.75) is 20.3 Å². The first-order valence-electron chi connectivity index (χ1n) is 4.63. The summed E-state index contributed by atoms with van der Waals surface area (Å²) in [5.74, 6) is 0.218. The van der Waals surface area contributed by atoms with Crippen molar-refractivity contribution in [1.29, 1.82) is 0 Å². The van der Waals surface area contributed by atoms with Gasteiger partial charge in [-0.25, -0.2) is 0 Å². The van der Waals surface area contributed by atoms with Gasteiger partial charge in [-0.2, -0.15) is 0 Å². The lowest BCUT2D eigenvalue weighted by atomic mass is 10.2. The Hall–Kier alpha value is -0.280. The molecule has 78 valence electrons. The first-order valence-corrected chi connectivity index (χ1v) is 5.16. The van der Waals surface area contributed by atoms with Gasteiger partial charge in [0.15, 0.2) is 0 Å². The Morgan fingerprint density at radius 1 is 1.54 bits per heavy atom. The fourth-order valence-electron chi connectivity index (χ4n) is 1.10. The van der Waals surface area contributed by atoms with E-state index in [0.29, 0.717) is 19.0 Å². The van der Waals surface area contributed by atoms with Gasteiger partial charge in [0.05, 0.1) is 6.61 Å². The minimum Gasteiger partial charge on any atom is -0.395 e. The molecule has 13 heavy (non-hydrogen) atoms. The van der Waals surface area contributed by atoms with Gasteiger partial charge in [-0.3, -0.25) is 4.79 Å². The lowest BCUT2D eigenvalue weighted by Gasteiger charge is -2.23. The SMILES string of the molecule is CCCN(CCO)C(=O)C(C)CCl. The molecule has 0 saturated carbocycles. The largest absolute Gasteiger partial charge is 0.395 e. The second-order valence-corrected chi connectivity index (χ2v) is 3.41. The average molecular weight is 208 g/mol. The summed E-state index contributed by atoms with van der Waals surface area (Å²) >= 11 is 5.58. The second kappa shape index (κ2) is 7.15. The van der Waals surface area contributed by atoms with E-state index < -0.39 is 0 Å². The molecular weight excluding hydrogens is 190 g/mol. The van der Waals surface area contributed by atoms with Crippen LogP contribution in [0.1, 0.15) is 20.3 Å². The van der Waals surface area contributed by atoms with Crippen molar-refractivity contribution in [3.63, 3.8) is 0 Å². The molecule has 0 aromatic carbocycles. The first-order chi connectivity index (χ1) is 6.17. The van der Waals surface area contributed by atoms with E-state index >= 15 is 0 Å². The third-order valence-corrected chi connectivity index (χ3v) is 2.29. The molecule has 3 nitrogen and oxygen atoms in total. The van der Waals surface area contributed by atoms with Crippen LogP contribution in [-0.2, 0) is 4.79 Å². The molecule has 0 heterocycles. The van der Waals surface area contributed by atoms with Crippen molar-refractivity contribution in [3.05, 3.63) is 0 Å². The normalized spacial score (nSPS) is 12.6. The van der Waals surface area contributed by atoms with E-state index in [1.807, 2.05) is 6.92 Å². The predicted molar refractivity (Wildman–Crippen MR) is 53.8 cm³/mol. The van der Waals surface area contributed by atoms with Crippen molar-refractivity contribution in [2.24, 2.45) is 5.92 Å². The van der Waals surface area contributed by atoms with E-state index in [4.69, 9.17) is 16.7 Å². The molecule has 0 aromatic heterocycles. The summed E-state index contributed by atoms with van der Waals surface area (Å²) < 4.78 is 0. The molecule has 4 heteroatoms. The maximum Gasteiger partial charge on any atom is 0.226 e. The molecular formula is C9H18ClNO2. The number of carbonyl (C=O) groups excluding carboxylic acids is 1. The summed E-state index contributed by atoms with van der Waals surface area (Å²) in [7, 11) is 0. The molecule has 0 aromatic rings. The van der Waals surface area contributed by atoms with Gasteiger partial charge in [0.1, 0.15) is 0 Å². The molecule has 0 radical (unpaired) electrons. The van der Waals surface area contributed by atoms with E-state index in [0.717, 1.165) is 6.42 Å². The lowest BCUT2D eigenvalue weighted by molar-refractivity contribution is -0.134. The maximum absolute atomic E-state index is 11.6. The number of aliphatic hydroxyl groups is 1. The zero-order valence-electron chi connectivity index (χ0n) is 8.29. The van der Waals surface area contributed by atoms with E-state index in [9.17, 15) is 4.79 Å². The molecule has 0 fully saturated rings. The summed E-state index contributed by atoms with van der Waals surface area (Å²) in [6, 6.07) is 0.